The molecule has 0 bridgehead atoms. The van der Waals surface area contributed by atoms with Crippen LogP contribution in [0.2, 0.25) is 0 Å². The summed E-state index contributed by atoms with van der Waals surface area (Å²) in [5.74, 6) is 0.790. The number of aromatic nitrogens is 3. The second-order valence-electron chi connectivity index (χ2n) is 2.18. The van der Waals surface area contributed by atoms with E-state index in [2.05, 4.69) is 19.9 Å². The van der Waals surface area contributed by atoms with Gasteiger partial charge in [0.15, 0.2) is 0 Å². The summed E-state index contributed by atoms with van der Waals surface area (Å²) in [6, 6.07) is 0. The van der Waals surface area contributed by atoms with Crippen molar-refractivity contribution in [3.8, 4) is 0 Å². The second kappa shape index (κ2) is 3.57. The van der Waals surface area contributed by atoms with Gasteiger partial charge in [0.2, 0.25) is 5.82 Å². The Labute approximate surface area is 74.5 Å². The maximum absolute atomic E-state index is 5.14. The molecule has 0 aliphatic carbocycles. The van der Waals surface area contributed by atoms with Crippen LogP contribution in [0.1, 0.15) is 5.82 Å². The Bertz CT molecular complexity index is 369. The van der Waals surface area contributed by atoms with Gasteiger partial charge >= 0.3 is 0 Å². The molecule has 0 unspecified atom stereocenters. The normalized spacial score (nSPS) is 14.6. The first-order chi connectivity index (χ1) is 6.47. The van der Waals surface area contributed by atoms with Crippen LogP contribution in [0.3, 0.4) is 0 Å². The Morgan fingerprint density at radius 3 is 2.77 bits per heavy atom. The van der Waals surface area contributed by atoms with Crippen LogP contribution in [0.4, 0.5) is 0 Å². The topological polar surface area (TPSA) is 60.3 Å². The van der Waals surface area contributed by atoms with Gasteiger partial charge in [0, 0.05) is 6.20 Å². The monoisotopic (exact) mass is 174 g/mol. The van der Waals surface area contributed by atoms with Gasteiger partial charge in [-0.2, -0.15) is 0 Å². The van der Waals surface area contributed by atoms with E-state index in [0.29, 0.717) is 11.7 Å². The van der Waals surface area contributed by atoms with Crippen molar-refractivity contribution in [3.63, 3.8) is 0 Å². The predicted octanol–water partition coefficient (Wildman–Crippen LogP) is 0.676. The van der Waals surface area contributed by atoms with E-state index in [0.717, 1.165) is 0 Å². The summed E-state index contributed by atoms with van der Waals surface area (Å²) < 4.78 is 5.14. The molecule has 0 radical (unpaired) electrons. The van der Waals surface area contributed by atoms with Crippen molar-refractivity contribution in [3.05, 3.63) is 43.1 Å². The first-order valence-electron chi connectivity index (χ1n) is 3.65. The number of ether oxygens (including phenoxy) is 1. The molecule has 2 rings (SSSR count). The molecular weight excluding hydrogens is 168 g/mol. The first kappa shape index (κ1) is 7.60. The summed E-state index contributed by atoms with van der Waals surface area (Å²) in [6.07, 6.45) is 9.42. The molecule has 0 atom stereocenters. The van der Waals surface area contributed by atoms with Crippen LogP contribution in [0, 0.1) is 0 Å². The molecule has 5 nitrogen and oxygen atoms in total. The third kappa shape index (κ3) is 1.76. The summed E-state index contributed by atoms with van der Waals surface area (Å²) in [4.78, 5) is 15.5. The Morgan fingerprint density at radius 2 is 1.92 bits per heavy atom. The molecule has 5 heteroatoms. The lowest BCUT2D eigenvalue weighted by molar-refractivity contribution is 0.470. The van der Waals surface area contributed by atoms with Gasteiger partial charge in [-0.1, -0.05) is 0 Å². The van der Waals surface area contributed by atoms with E-state index >= 15 is 0 Å². The molecule has 0 spiro atoms. The fourth-order valence-electron chi connectivity index (χ4n) is 0.800. The molecule has 0 saturated heterocycles. The fraction of sp³-hybridized carbons (Fsp3) is 0. The largest absolute Gasteiger partial charge is 0.444 e. The fourth-order valence-corrected chi connectivity index (χ4v) is 0.800. The minimum absolute atomic E-state index is 0.368. The van der Waals surface area contributed by atoms with E-state index < -0.39 is 0 Å². The summed E-state index contributed by atoms with van der Waals surface area (Å²) >= 11 is 0. The molecule has 1 aliphatic rings. The van der Waals surface area contributed by atoms with Gasteiger partial charge in [0.1, 0.15) is 12.7 Å². The van der Waals surface area contributed by atoms with Gasteiger partial charge in [0.25, 0.3) is 5.90 Å². The molecule has 13 heavy (non-hydrogen) atoms. The van der Waals surface area contributed by atoms with E-state index in [4.69, 9.17) is 4.74 Å². The minimum Gasteiger partial charge on any atom is -0.444 e. The van der Waals surface area contributed by atoms with Gasteiger partial charge in [-0.3, -0.25) is 0 Å². The average Bonchev–Trinajstić information content (AvgIpc) is 2.47. The van der Waals surface area contributed by atoms with Crippen molar-refractivity contribution in [2.45, 2.75) is 0 Å². The van der Waals surface area contributed by atoms with Crippen LogP contribution < -0.4 is 0 Å². The minimum atomic E-state index is 0.368. The van der Waals surface area contributed by atoms with Crippen LogP contribution in [-0.2, 0) is 4.74 Å². The summed E-state index contributed by atoms with van der Waals surface area (Å²) in [5.41, 5.74) is 0. The molecular formula is C8H6N4O. The van der Waals surface area contributed by atoms with E-state index in [-0.39, 0.29) is 0 Å². The molecule has 1 aliphatic heterocycles. The highest BCUT2D eigenvalue weighted by atomic mass is 16.5. The maximum atomic E-state index is 5.14. The number of aliphatic imine (C=N–C) groups is 1. The molecule has 1 aromatic heterocycles. The van der Waals surface area contributed by atoms with Crippen molar-refractivity contribution in [1.82, 2.24) is 15.0 Å². The van der Waals surface area contributed by atoms with E-state index in [9.17, 15) is 0 Å². The third-order valence-corrected chi connectivity index (χ3v) is 1.33. The Kier molecular flexibility index (Phi) is 2.09. The third-order valence-electron chi connectivity index (χ3n) is 1.33. The number of hydrogen-bond acceptors (Lipinski definition) is 5. The molecule has 0 aromatic carbocycles. The van der Waals surface area contributed by atoms with E-state index in [1.165, 1.54) is 18.9 Å². The van der Waals surface area contributed by atoms with Crippen molar-refractivity contribution in [1.29, 1.82) is 0 Å². The lowest BCUT2D eigenvalue weighted by atomic mass is 10.6. The molecule has 64 valence electrons. The zero-order chi connectivity index (χ0) is 8.93. The maximum Gasteiger partial charge on any atom is 0.264 e. The lowest BCUT2D eigenvalue weighted by Gasteiger charge is -1.99. The van der Waals surface area contributed by atoms with Crippen LogP contribution in [0.25, 0.3) is 0 Å². The quantitative estimate of drug-likeness (QED) is 0.628. The van der Waals surface area contributed by atoms with Crippen LogP contribution in [-0.4, -0.2) is 20.8 Å². The summed E-state index contributed by atoms with van der Waals surface area (Å²) in [7, 11) is 0. The Balaban J connectivity index is 2.32. The van der Waals surface area contributed by atoms with Crippen molar-refractivity contribution >= 4 is 5.90 Å². The standard InChI is InChI=1S/C8H6N4O/c1-2-4-13-8(10-3-1)7-11-5-9-6-12-7/h1-6H. The van der Waals surface area contributed by atoms with Crippen LogP contribution in [0.15, 0.2) is 42.3 Å². The smallest absolute Gasteiger partial charge is 0.264 e. The number of allylic oxidation sites excluding steroid dienone is 2. The summed E-state index contributed by atoms with van der Waals surface area (Å²) in [5, 5.41) is 0. The molecule has 0 amide bonds. The molecule has 0 N–H and O–H groups in total. The van der Waals surface area contributed by atoms with Crippen molar-refractivity contribution in [2.75, 3.05) is 0 Å². The molecule has 0 fully saturated rings. The Morgan fingerprint density at radius 1 is 1.08 bits per heavy atom. The average molecular weight is 174 g/mol. The predicted molar refractivity (Wildman–Crippen MR) is 45.7 cm³/mol. The van der Waals surface area contributed by atoms with Gasteiger partial charge < -0.3 is 4.74 Å². The number of rotatable bonds is 1. The molecule has 1 aromatic rings. The molecule has 2 heterocycles. The van der Waals surface area contributed by atoms with Crippen LogP contribution in [0.5, 0.6) is 0 Å². The van der Waals surface area contributed by atoms with Gasteiger partial charge in [-0.05, 0) is 12.2 Å². The Hall–Kier alpha value is -2.04. The van der Waals surface area contributed by atoms with Gasteiger partial charge in [-0.15, -0.1) is 0 Å². The lowest BCUT2D eigenvalue weighted by Crippen LogP contribution is -2.07. The van der Waals surface area contributed by atoms with Gasteiger partial charge in [-0.25, -0.2) is 19.9 Å². The second-order valence-corrected chi connectivity index (χ2v) is 2.18. The highest BCUT2D eigenvalue weighted by molar-refractivity contribution is 5.91. The zero-order valence-electron chi connectivity index (χ0n) is 6.66. The number of hydrogen-bond donors (Lipinski definition) is 0. The summed E-state index contributed by atoms with van der Waals surface area (Å²) in [6.45, 7) is 0. The van der Waals surface area contributed by atoms with Crippen molar-refractivity contribution < 1.29 is 4.74 Å². The first-order valence-corrected chi connectivity index (χ1v) is 3.65. The SMILES string of the molecule is C1=CN=C(c2ncncn2)OC=C1. The van der Waals surface area contributed by atoms with E-state index in [1.807, 2.05) is 0 Å². The van der Waals surface area contributed by atoms with E-state index in [1.54, 1.807) is 18.4 Å². The molecule has 0 saturated carbocycles. The van der Waals surface area contributed by atoms with Gasteiger partial charge in [0.05, 0.1) is 6.26 Å². The highest BCUT2D eigenvalue weighted by Crippen LogP contribution is 1.98. The van der Waals surface area contributed by atoms with Crippen molar-refractivity contribution in [2.24, 2.45) is 4.99 Å². The number of nitrogens with zero attached hydrogens (tertiary/aromatic N) is 4. The highest BCUT2D eigenvalue weighted by Gasteiger charge is 2.06. The zero-order valence-corrected chi connectivity index (χ0v) is 6.66. The van der Waals surface area contributed by atoms with Crippen LogP contribution >= 0.6 is 0 Å².